The number of hydrogen-bond acceptors (Lipinski definition) is 6. The molecule has 0 aliphatic carbocycles. The summed E-state index contributed by atoms with van der Waals surface area (Å²) < 4.78 is 0. The van der Waals surface area contributed by atoms with Gasteiger partial charge in [0.2, 0.25) is 0 Å². The van der Waals surface area contributed by atoms with Gasteiger partial charge in [-0.05, 0) is 30.3 Å². The van der Waals surface area contributed by atoms with Gasteiger partial charge in [-0.1, -0.05) is 42.3 Å². The number of halogens is 2. The molecule has 2 aromatic carbocycles. The van der Waals surface area contributed by atoms with E-state index in [9.17, 15) is 19.5 Å². The molecule has 2 aromatic rings. The van der Waals surface area contributed by atoms with Crippen molar-refractivity contribution < 1.29 is 19.5 Å². The molecule has 4 rings (SSSR count). The summed E-state index contributed by atoms with van der Waals surface area (Å²) in [6, 6.07) is 12.1. The lowest BCUT2D eigenvalue weighted by atomic mass is 9.99. The van der Waals surface area contributed by atoms with Crippen molar-refractivity contribution in [2.24, 2.45) is 5.92 Å². The van der Waals surface area contributed by atoms with Crippen LogP contribution in [0.25, 0.3) is 0 Å². The molecule has 2 heterocycles. The molecular weight excluding hydrogens is 477 g/mol. The van der Waals surface area contributed by atoms with Crippen molar-refractivity contribution >= 4 is 46.5 Å². The molecular formula is C25H27Cl2N3O4. The number of aliphatic hydroxyl groups excluding tert-OH is 1. The fourth-order valence-electron chi connectivity index (χ4n) is 4.57. The molecule has 34 heavy (non-hydrogen) atoms. The van der Waals surface area contributed by atoms with Gasteiger partial charge in [0.05, 0.1) is 11.1 Å². The first-order chi connectivity index (χ1) is 16.2. The number of rotatable bonds is 8. The Morgan fingerprint density at radius 2 is 1.53 bits per heavy atom. The van der Waals surface area contributed by atoms with Crippen LogP contribution in [0, 0.1) is 5.92 Å². The zero-order valence-electron chi connectivity index (χ0n) is 18.9. The first-order valence-electron chi connectivity index (χ1n) is 11.3. The molecule has 0 spiro atoms. The first-order valence-corrected chi connectivity index (χ1v) is 12.1. The number of anilines is 1. The molecule has 1 saturated heterocycles. The topological polar surface area (TPSA) is 81.2 Å². The van der Waals surface area contributed by atoms with Crippen LogP contribution in [0.4, 0.5) is 5.69 Å². The molecule has 1 fully saturated rings. The number of carbonyl (C=O) groups excluding carboxylic acids is 3. The lowest BCUT2D eigenvalue weighted by Crippen LogP contribution is -2.52. The smallest absolute Gasteiger partial charge is 0.261 e. The molecule has 0 radical (unpaired) electrons. The lowest BCUT2D eigenvalue weighted by Gasteiger charge is -2.40. The Balaban J connectivity index is 1.25. The summed E-state index contributed by atoms with van der Waals surface area (Å²) in [5.41, 5.74) is 1.70. The highest BCUT2D eigenvalue weighted by atomic mass is 35.5. The number of carbonyl (C=O) groups is 3. The van der Waals surface area contributed by atoms with Crippen molar-refractivity contribution in [3.05, 3.63) is 63.6 Å². The van der Waals surface area contributed by atoms with Crippen molar-refractivity contribution in [2.45, 2.75) is 26.0 Å². The molecule has 1 N–H and O–H groups in total. The van der Waals surface area contributed by atoms with Crippen LogP contribution in [0.5, 0.6) is 0 Å². The Morgan fingerprint density at radius 3 is 2.09 bits per heavy atom. The third-order valence-electron chi connectivity index (χ3n) is 6.45. The average molecular weight is 504 g/mol. The van der Waals surface area contributed by atoms with Gasteiger partial charge in [-0.25, -0.2) is 0 Å². The fraction of sp³-hybridized carbons (Fsp3) is 0.400. The van der Waals surface area contributed by atoms with Gasteiger partial charge in [0.1, 0.15) is 12.0 Å². The Hall–Kier alpha value is -2.45. The largest absolute Gasteiger partial charge is 0.378 e. The van der Waals surface area contributed by atoms with Gasteiger partial charge < -0.3 is 10.0 Å². The van der Waals surface area contributed by atoms with Gasteiger partial charge >= 0.3 is 0 Å². The molecule has 0 aromatic heterocycles. The molecule has 2 amide bonds. The maximum Gasteiger partial charge on any atom is 0.261 e. The molecule has 2 unspecified atom stereocenters. The van der Waals surface area contributed by atoms with E-state index < -0.39 is 6.23 Å². The van der Waals surface area contributed by atoms with E-state index in [1.165, 1.54) is 0 Å². The minimum absolute atomic E-state index is 0.0505. The second-order valence-electron chi connectivity index (χ2n) is 8.84. The van der Waals surface area contributed by atoms with Crippen LogP contribution in [0.2, 0.25) is 10.0 Å². The van der Waals surface area contributed by atoms with E-state index in [2.05, 4.69) is 4.90 Å². The average Bonchev–Trinajstić information content (AvgIpc) is 3.06. The summed E-state index contributed by atoms with van der Waals surface area (Å²) in [6.07, 6.45) is -0.506. The van der Waals surface area contributed by atoms with Gasteiger partial charge in [-0.15, -0.1) is 0 Å². The summed E-state index contributed by atoms with van der Waals surface area (Å²) in [6.45, 7) is 4.57. The Kier molecular flexibility index (Phi) is 7.57. The third kappa shape index (κ3) is 5.28. The van der Waals surface area contributed by atoms with Crippen LogP contribution in [0.3, 0.4) is 0 Å². The molecule has 180 valence electrons. The predicted molar refractivity (Wildman–Crippen MR) is 131 cm³/mol. The molecule has 0 bridgehead atoms. The van der Waals surface area contributed by atoms with Gasteiger partial charge in [0, 0.05) is 67.2 Å². The zero-order chi connectivity index (χ0) is 24.4. The Labute approximate surface area is 208 Å². The zero-order valence-corrected chi connectivity index (χ0v) is 20.4. The minimum atomic E-state index is -0.756. The van der Waals surface area contributed by atoms with Crippen molar-refractivity contribution in [1.29, 1.82) is 0 Å². The monoisotopic (exact) mass is 503 g/mol. The molecule has 7 nitrogen and oxygen atoms in total. The minimum Gasteiger partial charge on any atom is -0.378 e. The van der Waals surface area contributed by atoms with E-state index in [0.717, 1.165) is 10.6 Å². The molecule has 0 saturated carbocycles. The number of nitrogens with zero attached hydrogens (tertiary/aromatic N) is 3. The Morgan fingerprint density at radius 1 is 0.971 bits per heavy atom. The lowest BCUT2D eigenvalue weighted by molar-refractivity contribution is -0.122. The van der Waals surface area contributed by atoms with Gasteiger partial charge in [-0.2, -0.15) is 0 Å². The van der Waals surface area contributed by atoms with E-state index in [1.807, 2.05) is 24.0 Å². The number of ketones is 1. The quantitative estimate of drug-likeness (QED) is 0.553. The van der Waals surface area contributed by atoms with Crippen LogP contribution >= 0.6 is 23.2 Å². The molecule has 2 aliphatic rings. The number of piperazine rings is 1. The Bertz CT molecular complexity index is 1050. The molecule has 2 aliphatic heterocycles. The van der Waals surface area contributed by atoms with Gasteiger partial charge in [0.15, 0.2) is 0 Å². The van der Waals surface area contributed by atoms with E-state index in [4.69, 9.17) is 23.2 Å². The van der Waals surface area contributed by atoms with E-state index in [-0.39, 0.29) is 42.9 Å². The SMILES string of the molecule is CC(CC(=O)CCN1C(=O)c2ccccc2C1=O)C(O)N1CCN(c2cc(Cl)cc(Cl)c2)CC1. The van der Waals surface area contributed by atoms with E-state index in [1.54, 1.807) is 30.3 Å². The standard InChI is InChI=1S/C25H27Cl2N3O4/c1-16(12-20(31)6-7-30-24(33)21-4-2-3-5-22(21)25(30)34)23(32)29-10-8-28(9-11-29)19-14-17(26)13-18(27)15-19/h2-5,13-16,23,32H,6-12H2,1H3. The number of fused-ring (bicyclic) bond motifs is 1. The van der Waals surface area contributed by atoms with Crippen LogP contribution in [-0.2, 0) is 4.79 Å². The highest BCUT2D eigenvalue weighted by Crippen LogP contribution is 2.27. The number of imide groups is 1. The van der Waals surface area contributed by atoms with Gasteiger partial charge in [-0.3, -0.25) is 24.2 Å². The molecule has 2 atom stereocenters. The van der Waals surface area contributed by atoms with Crippen molar-refractivity contribution in [3.8, 4) is 0 Å². The summed E-state index contributed by atoms with van der Waals surface area (Å²) in [4.78, 5) is 42.7. The summed E-state index contributed by atoms with van der Waals surface area (Å²) >= 11 is 12.2. The van der Waals surface area contributed by atoms with Crippen LogP contribution in [0.15, 0.2) is 42.5 Å². The fourth-order valence-corrected chi connectivity index (χ4v) is 5.09. The van der Waals surface area contributed by atoms with E-state index >= 15 is 0 Å². The number of hydrogen-bond donors (Lipinski definition) is 1. The van der Waals surface area contributed by atoms with Crippen LogP contribution in [-0.4, -0.2) is 71.5 Å². The second-order valence-corrected chi connectivity index (χ2v) is 9.71. The predicted octanol–water partition coefficient (Wildman–Crippen LogP) is 3.72. The summed E-state index contributed by atoms with van der Waals surface area (Å²) in [7, 11) is 0. The normalized spacial score (nSPS) is 18.2. The highest BCUT2D eigenvalue weighted by Gasteiger charge is 2.35. The summed E-state index contributed by atoms with van der Waals surface area (Å²) in [5, 5.41) is 12.0. The van der Waals surface area contributed by atoms with Crippen LogP contribution < -0.4 is 4.90 Å². The maximum absolute atomic E-state index is 12.6. The second kappa shape index (κ2) is 10.4. The highest BCUT2D eigenvalue weighted by molar-refractivity contribution is 6.35. The molecule has 9 heteroatoms. The van der Waals surface area contributed by atoms with Crippen molar-refractivity contribution in [1.82, 2.24) is 9.80 Å². The number of benzene rings is 2. The number of amides is 2. The maximum atomic E-state index is 12.6. The van der Waals surface area contributed by atoms with Crippen molar-refractivity contribution in [3.63, 3.8) is 0 Å². The van der Waals surface area contributed by atoms with E-state index in [0.29, 0.717) is 47.4 Å². The first kappa shape index (κ1) is 24.7. The van der Waals surface area contributed by atoms with Crippen LogP contribution in [0.1, 0.15) is 40.5 Å². The third-order valence-corrected chi connectivity index (χ3v) is 6.89. The number of aliphatic hydroxyl groups is 1. The van der Waals surface area contributed by atoms with Gasteiger partial charge in [0.25, 0.3) is 11.8 Å². The number of Topliss-reactive ketones (excluding diaryl/α,β-unsaturated/α-hetero) is 1. The summed E-state index contributed by atoms with van der Waals surface area (Å²) in [5.74, 6) is -1.09. The van der Waals surface area contributed by atoms with Crippen molar-refractivity contribution in [2.75, 3.05) is 37.6 Å².